The Bertz CT molecular complexity index is 1620. The summed E-state index contributed by atoms with van der Waals surface area (Å²) in [5.41, 5.74) is 2.12. The summed E-state index contributed by atoms with van der Waals surface area (Å²) in [5.74, 6) is 0.0925. The van der Waals surface area contributed by atoms with Crippen molar-refractivity contribution < 1.29 is 28.5 Å². The lowest BCUT2D eigenvalue weighted by Gasteiger charge is -2.35. The zero-order valence-electron chi connectivity index (χ0n) is 22.5. The van der Waals surface area contributed by atoms with Crippen molar-refractivity contribution >= 4 is 27.7 Å². The maximum absolute atomic E-state index is 14.5. The minimum Gasteiger partial charge on any atom is -0.508 e. The summed E-state index contributed by atoms with van der Waals surface area (Å²) in [6.07, 6.45) is -0.994. The van der Waals surface area contributed by atoms with Crippen molar-refractivity contribution in [2.75, 3.05) is 6.54 Å². The van der Waals surface area contributed by atoms with Gasteiger partial charge in [-0.05, 0) is 71.6 Å². The fourth-order valence-electron chi connectivity index (χ4n) is 4.94. The molecule has 4 aromatic rings. The summed E-state index contributed by atoms with van der Waals surface area (Å²) in [5, 5.41) is 32.7. The smallest absolute Gasteiger partial charge is 0.336 e. The summed E-state index contributed by atoms with van der Waals surface area (Å²) in [7, 11) is -4.33. The normalized spacial score (nSPS) is 18.2. The standard InChI is InChI=1S/C31H30ClN3O6S/c32-25-10-16-28(17-11-25)42(40,41)35-21-30(38)29(18-22-4-2-1-3-5-22)33(19-23-6-12-26(36)13-7-23)31(39)34(35)20-24-8-14-27(37)15-9-24/h1-17,29-30,36-38H,18-21H2/t29-,30-/m1/s1. The van der Waals surface area contributed by atoms with E-state index >= 15 is 0 Å². The Labute approximate surface area is 249 Å². The molecular weight excluding hydrogens is 578 g/mol. The van der Waals surface area contributed by atoms with Crippen LogP contribution in [0.25, 0.3) is 0 Å². The molecule has 2 atom stereocenters. The number of phenols is 2. The van der Waals surface area contributed by atoms with Crippen LogP contribution in [0, 0.1) is 0 Å². The number of hydrogen-bond acceptors (Lipinski definition) is 6. The minimum atomic E-state index is -4.33. The molecule has 1 aliphatic rings. The second kappa shape index (κ2) is 12.4. The van der Waals surface area contributed by atoms with Crippen LogP contribution in [0.2, 0.25) is 5.02 Å². The number of amides is 2. The monoisotopic (exact) mass is 607 g/mol. The maximum atomic E-state index is 14.5. The summed E-state index contributed by atoms with van der Waals surface area (Å²) >= 11 is 6.02. The Kier molecular flexibility index (Phi) is 8.69. The molecule has 0 spiro atoms. The molecule has 1 fully saturated rings. The molecule has 0 unspecified atom stereocenters. The molecule has 1 aliphatic heterocycles. The van der Waals surface area contributed by atoms with E-state index in [1.807, 2.05) is 30.3 Å². The molecule has 1 heterocycles. The predicted octanol–water partition coefficient (Wildman–Crippen LogP) is 4.77. The van der Waals surface area contributed by atoms with E-state index in [9.17, 15) is 28.5 Å². The zero-order chi connectivity index (χ0) is 29.9. The van der Waals surface area contributed by atoms with Gasteiger partial charge in [0.15, 0.2) is 0 Å². The molecule has 9 nitrogen and oxygen atoms in total. The number of carbonyl (C=O) groups is 1. The van der Waals surface area contributed by atoms with Crippen molar-refractivity contribution in [2.24, 2.45) is 0 Å². The Balaban J connectivity index is 1.62. The van der Waals surface area contributed by atoms with Gasteiger partial charge < -0.3 is 20.2 Å². The van der Waals surface area contributed by atoms with Crippen LogP contribution in [0.3, 0.4) is 0 Å². The van der Waals surface area contributed by atoms with Crippen LogP contribution < -0.4 is 0 Å². The van der Waals surface area contributed by atoms with Crippen molar-refractivity contribution in [3.63, 3.8) is 0 Å². The fourth-order valence-corrected chi connectivity index (χ4v) is 6.52. The SMILES string of the molecule is O=C1N(Cc2ccc(O)cc2)[C@H](Cc2ccccc2)[C@H](O)CN(S(=O)(=O)c2ccc(Cl)cc2)N1Cc1ccc(O)cc1. The Hall–Kier alpha value is -4.09. The van der Waals surface area contributed by atoms with Gasteiger partial charge in [-0.15, -0.1) is 4.41 Å². The topological polar surface area (TPSA) is 122 Å². The van der Waals surface area contributed by atoms with Crippen LogP contribution in [-0.4, -0.2) is 62.8 Å². The van der Waals surface area contributed by atoms with Gasteiger partial charge in [-0.1, -0.05) is 66.2 Å². The molecule has 218 valence electrons. The second-order valence-electron chi connectivity index (χ2n) is 10.1. The van der Waals surface area contributed by atoms with Crippen LogP contribution in [0.5, 0.6) is 11.5 Å². The van der Waals surface area contributed by atoms with Gasteiger partial charge >= 0.3 is 6.03 Å². The highest BCUT2D eigenvalue weighted by atomic mass is 35.5. The van der Waals surface area contributed by atoms with Gasteiger partial charge in [-0.25, -0.2) is 18.2 Å². The van der Waals surface area contributed by atoms with Crippen molar-refractivity contribution in [1.82, 2.24) is 14.3 Å². The predicted molar refractivity (Wildman–Crippen MR) is 158 cm³/mol. The van der Waals surface area contributed by atoms with Crippen LogP contribution in [0.15, 0.2) is 108 Å². The molecule has 0 saturated carbocycles. The number of hydrazine groups is 1. The van der Waals surface area contributed by atoms with Gasteiger partial charge in [-0.2, -0.15) is 0 Å². The third-order valence-corrected chi connectivity index (χ3v) is 9.18. The highest BCUT2D eigenvalue weighted by Crippen LogP contribution is 2.30. The second-order valence-corrected chi connectivity index (χ2v) is 12.4. The maximum Gasteiger partial charge on any atom is 0.336 e. The molecule has 1 saturated heterocycles. The van der Waals surface area contributed by atoms with Crippen LogP contribution in [0.4, 0.5) is 4.79 Å². The van der Waals surface area contributed by atoms with Gasteiger partial charge in [0, 0.05) is 11.6 Å². The van der Waals surface area contributed by atoms with Crippen molar-refractivity contribution in [1.29, 1.82) is 0 Å². The minimum absolute atomic E-state index is 0.0267. The number of aliphatic hydroxyl groups is 1. The van der Waals surface area contributed by atoms with Gasteiger partial charge in [0.25, 0.3) is 10.0 Å². The number of carbonyl (C=O) groups excluding carboxylic acids is 1. The van der Waals surface area contributed by atoms with Crippen LogP contribution in [-0.2, 0) is 29.5 Å². The van der Waals surface area contributed by atoms with E-state index in [1.54, 1.807) is 24.3 Å². The lowest BCUT2D eigenvalue weighted by molar-refractivity contribution is 0.0549. The molecule has 0 aliphatic carbocycles. The number of aliphatic hydroxyl groups excluding tert-OH is 1. The number of halogens is 1. The number of nitrogens with zero attached hydrogens (tertiary/aromatic N) is 3. The summed E-state index contributed by atoms with van der Waals surface area (Å²) in [6.45, 7) is -0.490. The lowest BCUT2D eigenvalue weighted by atomic mass is 9.99. The lowest BCUT2D eigenvalue weighted by Crippen LogP contribution is -2.52. The number of phenolic OH excluding ortho intramolecular Hbond substituents is 2. The summed E-state index contributed by atoms with van der Waals surface area (Å²) in [6, 6.07) is 26.0. The van der Waals surface area contributed by atoms with Crippen molar-refractivity contribution in [3.8, 4) is 11.5 Å². The number of aromatic hydroxyl groups is 2. The first kappa shape index (κ1) is 29.4. The first-order valence-corrected chi connectivity index (χ1v) is 15.1. The first-order valence-electron chi connectivity index (χ1n) is 13.3. The zero-order valence-corrected chi connectivity index (χ0v) is 24.1. The molecule has 0 aromatic heterocycles. The van der Waals surface area contributed by atoms with E-state index in [1.165, 1.54) is 53.4 Å². The molecule has 42 heavy (non-hydrogen) atoms. The Morgan fingerprint density at radius 2 is 1.29 bits per heavy atom. The molecule has 0 bridgehead atoms. The summed E-state index contributed by atoms with van der Waals surface area (Å²) < 4.78 is 29.0. The van der Waals surface area contributed by atoms with Gasteiger partial charge in [0.05, 0.1) is 30.1 Å². The van der Waals surface area contributed by atoms with Gasteiger partial charge in [0.1, 0.15) is 11.5 Å². The van der Waals surface area contributed by atoms with Crippen molar-refractivity contribution in [3.05, 3.63) is 125 Å². The van der Waals surface area contributed by atoms with E-state index in [0.717, 1.165) is 15.0 Å². The molecule has 4 aromatic carbocycles. The first-order chi connectivity index (χ1) is 20.1. The number of benzene rings is 4. The Morgan fingerprint density at radius 3 is 1.86 bits per heavy atom. The average Bonchev–Trinajstić information content (AvgIpc) is 3.07. The number of rotatable bonds is 8. The van der Waals surface area contributed by atoms with Crippen LogP contribution >= 0.6 is 11.6 Å². The van der Waals surface area contributed by atoms with Gasteiger partial charge in [0.2, 0.25) is 0 Å². The third kappa shape index (κ3) is 6.52. The van der Waals surface area contributed by atoms with E-state index in [4.69, 9.17) is 11.6 Å². The van der Waals surface area contributed by atoms with Crippen molar-refractivity contribution in [2.45, 2.75) is 36.6 Å². The molecule has 11 heteroatoms. The van der Waals surface area contributed by atoms with E-state index < -0.39 is 34.7 Å². The molecule has 2 amide bonds. The number of hydrogen-bond donors (Lipinski definition) is 3. The Morgan fingerprint density at radius 1 is 0.738 bits per heavy atom. The number of sulfonamides is 1. The molecule has 3 N–H and O–H groups in total. The van der Waals surface area contributed by atoms with E-state index in [0.29, 0.717) is 16.1 Å². The third-order valence-electron chi connectivity index (χ3n) is 7.16. The quantitative estimate of drug-likeness (QED) is 0.265. The molecule has 0 radical (unpaired) electrons. The van der Waals surface area contributed by atoms with Crippen LogP contribution in [0.1, 0.15) is 16.7 Å². The van der Waals surface area contributed by atoms with E-state index in [-0.39, 0.29) is 35.9 Å². The highest BCUT2D eigenvalue weighted by Gasteiger charge is 2.44. The number of urea groups is 1. The van der Waals surface area contributed by atoms with Gasteiger partial charge in [-0.3, -0.25) is 0 Å². The molecule has 5 rings (SSSR count). The fraction of sp³-hybridized carbons (Fsp3) is 0.194. The number of β-amino-alcohol motifs (C(OH)–C–C–N with tert-alkyl or cyclic N) is 1. The van der Waals surface area contributed by atoms with E-state index in [2.05, 4.69) is 0 Å². The summed E-state index contributed by atoms with van der Waals surface area (Å²) in [4.78, 5) is 15.9. The highest BCUT2D eigenvalue weighted by molar-refractivity contribution is 7.89. The largest absolute Gasteiger partial charge is 0.508 e. The average molecular weight is 608 g/mol. The molecular formula is C31H30ClN3O6S.